The first kappa shape index (κ1) is 22.2. The molecule has 4 rings (SSSR count). The summed E-state index contributed by atoms with van der Waals surface area (Å²) in [7, 11) is 0. The second-order valence-corrected chi connectivity index (χ2v) is 8.16. The van der Waals surface area contributed by atoms with Gasteiger partial charge < -0.3 is 5.11 Å². The number of hydrogen-bond donors (Lipinski definition) is 1. The quantitative estimate of drug-likeness (QED) is 0.394. The summed E-state index contributed by atoms with van der Waals surface area (Å²) in [5.74, 6) is -0.518. The van der Waals surface area contributed by atoms with Crippen LogP contribution in [0.3, 0.4) is 0 Å². The van der Waals surface area contributed by atoms with Crippen molar-refractivity contribution in [1.82, 2.24) is 4.57 Å². The normalized spacial score (nSPS) is 14.3. The molecular formula is C26H24N4O3. The number of ketones is 1. The molecule has 0 amide bonds. The zero-order valence-electron chi connectivity index (χ0n) is 18.4. The molecule has 0 spiro atoms. The van der Waals surface area contributed by atoms with Gasteiger partial charge in [-0.15, -0.1) is 10.2 Å². The molecule has 1 N–H and O–H groups in total. The lowest BCUT2D eigenvalue weighted by atomic mass is 9.94. The van der Waals surface area contributed by atoms with E-state index < -0.39 is 5.56 Å². The van der Waals surface area contributed by atoms with E-state index in [9.17, 15) is 20.0 Å². The first-order valence-corrected chi connectivity index (χ1v) is 11.0. The zero-order chi connectivity index (χ0) is 23.4. The molecule has 1 saturated carbocycles. The second kappa shape index (κ2) is 9.61. The van der Waals surface area contributed by atoms with E-state index >= 15 is 0 Å². The summed E-state index contributed by atoms with van der Waals surface area (Å²) in [4.78, 5) is 26.3. The Labute approximate surface area is 191 Å². The van der Waals surface area contributed by atoms with Crippen LogP contribution in [0, 0.1) is 18.3 Å². The molecule has 3 aromatic rings. The number of azo groups is 1. The summed E-state index contributed by atoms with van der Waals surface area (Å²) in [6, 6.07) is 17.5. The first-order chi connectivity index (χ1) is 16.0. The van der Waals surface area contributed by atoms with Crippen molar-refractivity contribution in [3.05, 3.63) is 87.2 Å². The lowest BCUT2D eigenvalue weighted by Crippen LogP contribution is -2.27. The van der Waals surface area contributed by atoms with Crippen LogP contribution in [0.2, 0.25) is 0 Å². The Morgan fingerprint density at radius 1 is 1.03 bits per heavy atom. The third kappa shape index (κ3) is 4.33. The molecule has 0 saturated heterocycles. The standard InChI is InChI=1S/C26H24N4O3/c1-17-21(16-27)25(32)30(19-12-6-3-7-13-19)26(33)23(17)29-28-22-15-9-8-14-20(22)24(31)18-10-4-2-5-11-18/h2,4-5,8-11,14-15,19,32H,3,6-7,12-13H2,1H3. The van der Waals surface area contributed by atoms with Gasteiger partial charge in [0.15, 0.2) is 11.5 Å². The first-order valence-electron chi connectivity index (χ1n) is 11.0. The highest BCUT2D eigenvalue weighted by Gasteiger charge is 2.25. The molecule has 0 unspecified atom stereocenters. The Kier molecular flexibility index (Phi) is 6.45. The number of aromatic hydroxyl groups is 1. The maximum absolute atomic E-state index is 13.3. The molecule has 1 aliphatic carbocycles. The number of rotatable bonds is 5. The number of nitrogens with zero attached hydrogens (tertiary/aromatic N) is 4. The van der Waals surface area contributed by atoms with E-state index in [-0.39, 0.29) is 34.5 Å². The van der Waals surface area contributed by atoms with E-state index in [0.717, 1.165) is 32.1 Å². The van der Waals surface area contributed by atoms with Crippen molar-refractivity contribution in [1.29, 1.82) is 5.26 Å². The largest absolute Gasteiger partial charge is 0.493 e. The number of aromatic nitrogens is 1. The van der Waals surface area contributed by atoms with Crippen LogP contribution in [-0.2, 0) is 0 Å². The molecule has 1 aliphatic rings. The lowest BCUT2D eigenvalue weighted by molar-refractivity contribution is 0.103. The second-order valence-electron chi connectivity index (χ2n) is 8.16. The number of carbonyl (C=O) groups excluding carboxylic acids is 1. The van der Waals surface area contributed by atoms with Crippen molar-refractivity contribution >= 4 is 17.2 Å². The van der Waals surface area contributed by atoms with Crippen molar-refractivity contribution in [3.8, 4) is 11.9 Å². The molecule has 7 heteroatoms. The molecule has 33 heavy (non-hydrogen) atoms. The van der Waals surface area contributed by atoms with Gasteiger partial charge in [-0.2, -0.15) is 5.26 Å². The summed E-state index contributed by atoms with van der Waals surface area (Å²) in [5.41, 5.74) is 0.999. The monoisotopic (exact) mass is 440 g/mol. The van der Waals surface area contributed by atoms with Gasteiger partial charge in [-0.1, -0.05) is 61.7 Å². The van der Waals surface area contributed by atoms with Crippen LogP contribution < -0.4 is 5.56 Å². The Bertz CT molecular complexity index is 1310. The van der Waals surface area contributed by atoms with Crippen LogP contribution in [0.25, 0.3) is 0 Å². The maximum Gasteiger partial charge on any atom is 0.281 e. The SMILES string of the molecule is Cc1c(C#N)c(O)n(C2CCCCC2)c(=O)c1N=Nc1ccccc1C(=O)c1ccccc1. The van der Waals surface area contributed by atoms with Crippen molar-refractivity contribution in [2.45, 2.75) is 45.1 Å². The van der Waals surface area contributed by atoms with Gasteiger partial charge in [0.1, 0.15) is 11.6 Å². The highest BCUT2D eigenvalue weighted by molar-refractivity contribution is 6.11. The van der Waals surface area contributed by atoms with E-state index in [1.54, 1.807) is 55.5 Å². The number of hydrogen-bond acceptors (Lipinski definition) is 6. The molecule has 1 heterocycles. The van der Waals surface area contributed by atoms with E-state index in [4.69, 9.17) is 0 Å². The Morgan fingerprint density at radius 3 is 2.39 bits per heavy atom. The fourth-order valence-corrected chi connectivity index (χ4v) is 4.31. The van der Waals surface area contributed by atoms with Gasteiger partial charge in [0, 0.05) is 17.2 Å². The van der Waals surface area contributed by atoms with Gasteiger partial charge in [-0.3, -0.25) is 14.2 Å². The van der Waals surface area contributed by atoms with Crippen molar-refractivity contribution in [2.75, 3.05) is 0 Å². The van der Waals surface area contributed by atoms with Crippen LogP contribution in [0.5, 0.6) is 5.88 Å². The highest BCUT2D eigenvalue weighted by atomic mass is 16.3. The van der Waals surface area contributed by atoms with E-state index in [0.29, 0.717) is 16.8 Å². The highest BCUT2D eigenvalue weighted by Crippen LogP contribution is 2.34. The molecular weight excluding hydrogens is 416 g/mol. The van der Waals surface area contributed by atoms with Crippen molar-refractivity contribution < 1.29 is 9.90 Å². The molecule has 7 nitrogen and oxygen atoms in total. The van der Waals surface area contributed by atoms with Crippen LogP contribution in [0.15, 0.2) is 69.6 Å². The zero-order valence-corrected chi connectivity index (χ0v) is 18.4. The van der Waals surface area contributed by atoms with E-state index in [1.807, 2.05) is 12.1 Å². The minimum atomic E-state index is -0.480. The number of nitriles is 1. The topological polar surface area (TPSA) is 108 Å². The Morgan fingerprint density at radius 2 is 1.70 bits per heavy atom. The average Bonchev–Trinajstić information content (AvgIpc) is 2.85. The van der Waals surface area contributed by atoms with Crippen molar-refractivity contribution in [3.63, 3.8) is 0 Å². The van der Waals surface area contributed by atoms with Gasteiger partial charge in [0.05, 0.1) is 11.3 Å². The van der Waals surface area contributed by atoms with E-state index in [1.165, 1.54) is 4.57 Å². The summed E-state index contributed by atoms with van der Waals surface area (Å²) in [5, 5.41) is 28.7. The summed E-state index contributed by atoms with van der Waals surface area (Å²) in [6.45, 7) is 1.57. The van der Waals surface area contributed by atoms with Crippen molar-refractivity contribution in [2.24, 2.45) is 10.2 Å². The predicted molar refractivity (Wildman–Crippen MR) is 124 cm³/mol. The lowest BCUT2D eigenvalue weighted by Gasteiger charge is -2.25. The summed E-state index contributed by atoms with van der Waals surface area (Å²) in [6.07, 6.45) is 4.51. The third-order valence-corrected chi connectivity index (χ3v) is 6.10. The summed E-state index contributed by atoms with van der Waals surface area (Å²) >= 11 is 0. The fourth-order valence-electron chi connectivity index (χ4n) is 4.31. The molecule has 0 radical (unpaired) electrons. The molecule has 2 aromatic carbocycles. The minimum Gasteiger partial charge on any atom is -0.493 e. The molecule has 1 aromatic heterocycles. The molecule has 0 bridgehead atoms. The van der Waals surface area contributed by atoms with Crippen LogP contribution >= 0.6 is 0 Å². The molecule has 0 atom stereocenters. The molecule has 1 fully saturated rings. The third-order valence-electron chi connectivity index (χ3n) is 6.10. The number of carbonyl (C=O) groups is 1. The predicted octanol–water partition coefficient (Wildman–Crippen LogP) is 5.89. The van der Waals surface area contributed by atoms with Crippen LogP contribution in [0.4, 0.5) is 11.4 Å². The van der Waals surface area contributed by atoms with E-state index in [2.05, 4.69) is 10.2 Å². The van der Waals surface area contributed by atoms with Gasteiger partial charge >= 0.3 is 0 Å². The number of pyridine rings is 1. The fraction of sp³-hybridized carbons (Fsp3) is 0.269. The smallest absolute Gasteiger partial charge is 0.281 e. The molecule has 0 aliphatic heterocycles. The minimum absolute atomic E-state index is 0.00288. The Balaban J connectivity index is 1.79. The number of benzene rings is 2. The van der Waals surface area contributed by atoms with Crippen LogP contribution in [-0.4, -0.2) is 15.5 Å². The van der Waals surface area contributed by atoms with Gasteiger partial charge in [0.2, 0.25) is 5.88 Å². The summed E-state index contributed by atoms with van der Waals surface area (Å²) < 4.78 is 1.29. The average molecular weight is 441 g/mol. The van der Waals surface area contributed by atoms with Crippen LogP contribution in [0.1, 0.15) is 65.2 Å². The molecule has 166 valence electrons. The van der Waals surface area contributed by atoms with Gasteiger partial charge in [-0.05, 0) is 31.9 Å². The maximum atomic E-state index is 13.3. The van der Waals surface area contributed by atoms with Gasteiger partial charge in [-0.25, -0.2) is 0 Å². The Hall–Kier alpha value is -4.05. The van der Waals surface area contributed by atoms with Gasteiger partial charge in [0.25, 0.3) is 5.56 Å².